The fourth-order valence-electron chi connectivity index (χ4n) is 8.31. The zero-order valence-corrected chi connectivity index (χ0v) is 42.9. The van der Waals surface area contributed by atoms with Crippen LogP contribution >= 0.6 is 7.82 Å². The molecular formula is C51H91O18P. The maximum absolute atomic E-state index is 13.4. The molecule has 0 aromatic rings. The predicted molar refractivity (Wildman–Crippen MR) is 263 cm³/mol. The second-order valence-corrected chi connectivity index (χ2v) is 20.2. The van der Waals surface area contributed by atoms with Crippen LogP contribution in [0.2, 0.25) is 0 Å². The third-order valence-corrected chi connectivity index (χ3v) is 13.7. The molecular weight excluding hydrogens is 932 g/mol. The maximum Gasteiger partial charge on any atom is 0.472 e. The highest BCUT2D eigenvalue weighted by atomic mass is 31.2. The SMILES string of the molecule is CCCCCC/C=C\CCCCCCCCCC(=O)OCC(COP(=O)(O)OC1C(O)C(O)C(O)C(O)C1OC1OC(CO)C(O)C(O)C1O)OC(=O)/C=C/C=C/CCCCCCCCCCCCC. The van der Waals surface area contributed by atoms with Crippen molar-refractivity contribution in [3.05, 3.63) is 36.5 Å². The Balaban J connectivity index is 1.97. The highest BCUT2D eigenvalue weighted by Crippen LogP contribution is 2.48. The Labute approximate surface area is 417 Å². The van der Waals surface area contributed by atoms with E-state index in [-0.39, 0.29) is 6.42 Å². The van der Waals surface area contributed by atoms with Crippen molar-refractivity contribution in [3.63, 3.8) is 0 Å². The molecule has 18 nitrogen and oxygen atoms in total. The van der Waals surface area contributed by atoms with Crippen LogP contribution in [0.15, 0.2) is 36.5 Å². The molecule has 2 rings (SSSR count). The van der Waals surface area contributed by atoms with Gasteiger partial charge < -0.3 is 64.7 Å². The monoisotopic (exact) mass is 1020 g/mol. The molecule has 0 bridgehead atoms. The van der Waals surface area contributed by atoms with Crippen molar-refractivity contribution in [2.45, 2.75) is 254 Å². The number of carbonyl (C=O) groups is 2. The number of unbranched alkanes of at least 4 members (excludes halogenated alkanes) is 22. The average Bonchev–Trinajstić information content (AvgIpc) is 3.34. The summed E-state index contributed by atoms with van der Waals surface area (Å²) in [7, 11) is -5.40. The summed E-state index contributed by atoms with van der Waals surface area (Å²) in [6.07, 6.45) is 15.7. The summed E-state index contributed by atoms with van der Waals surface area (Å²) in [5.41, 5.74) is 0. The number of aliphatic hydroxyl groups excluding tert-OH is 8. The summed E-state index contributed by atoms with van der Waals surface area (Å²) in [5, 5.41) is 83.0. The van der Waals surface area contributed by atoms with Crippen molar-refractivity contribution in [2.75, 3.05) is 19.8 Å². The van der Waals surface area contributed by atoms with E-state index in [0.717, 1.165) is 76.7 Å². The zero-order chi connectivity index (χ0) is 51.6. The van der Waals surface area contributed by atoms with Crippen molar-refractivity contribution >= 4 is 19.8 Å². The molecule has 13 unspecified atom stereocenters. The van der Waals surface area contributed by atoms with E-state index in [0.29, 0.717) is 6.42 Å². The summed E-state index contributed by atoms with van der Waals surface area (Å²) in [6.45, 7) is 2.11. The van der Waals surface area contributed by atoms with Gasteiger partial charge in [-0.1, -0.05) is 160 Å². The van der Waals surface area contributed by atoms with Gasteiger partial charge >= 0.3 is 19.8 Å². The Bertz CT molecular complexity index is 1500. The topological polar surface area (TPSA) is 289 Å². The molecule has 1 saturated heterocycles. The van der Waals surface area contributed by atoms with Crippen molar-refractivity contribution in [3.8, 4) is 0 Å². The first kappa shape index (κ1) is 64.0. The van der Waals surface area contributed by atoms with Crippen LogP contribution in [-0.2, 0) is 42.1 Å². The number of rotatable bonds is 40. The standard InChI is InChI=1S/C51H91O18P/c1-3-5-7-9-11-13-15-17-19-21-23-25-27-29-31-33-40(53)64-36-38(66-41(54)34-32-30-28-26-24-22-20-18-16-14-12-10-8-6-4-2)37-65-70(62,63)69-50-47(60)45(58)44(57)46(59)49(50)68-51-48(61)43(56)42(55)39(35-52)67-51/h13,15,28,30,32,34,38-39,42-52,55-61H,3-12,14,16-27,29,31,33,35-37H2,1-2H3,(H,62,63)/b15-13-,30-28+,34-32+. The fraction of sp³-hybridized carbons (Fsp3) is 0.843. The van der Waals surface area contributed by atoms with E-state index in [4.69, 9.17) is 28.0 Å². The lowest BCUT2D eigenvalue weighted by Gasteiger charge is -2.47. The Hall–Kier alpha value is -2.13. The number of hydrogen-bond donors (Lipinski definition) is 9. The third-order valence-electron chi connectivity index (χ3n) is 12.7. The van der Waals surface area contributed by atoms with Gasteiger partial charge in [-0.25, -0.2) is 9.36 Å². The number of phosphoric ester groups is 1. The summed E-state index contributed by atoms with van der Waals surface area (Å²) in [5.74, 6) is -1.47. The summed E-state index contributed by atoms with van der Waals surface area (Å²) < 4.78 is 45.3. The zero-order valence-electron chi connectivity index (χ0n) is 42.0. The second-order valence-electron chi connectivity index (χ2n) is 18.8. The minimum absolute atomic E-state index is 0.0852. The molecule has 0 amide bonds. The number of esters is 2. The fourth-order valence-corrected chi connectivity index (χ4v) is 9.28. The molecule has 19 heteroatoms. The summed E-state index contributed by atoms with van der Waals surface area (Å²) in [4.78, 5) is 36.4. The van der Waals surface area contributed by atoms with Crippen molar-refractivity contribution in [2.24, 2.45) is 0 Å². The van der Waals surface area contributed by atoms with Gasteiger partial charge in [0.15, 0.2) is 12.4 Å². The lowest BCUT2D eigenvalue weighted by molar-refractivity contribution is -0.338. The van der Waals surface area contributed by atoms with E-state index in [1.54, 1.807) is 6.08 Å². The van der Waals surface area contributed by atoms with Gasteiger partial charge in [-0.05, 0) is 44.9 Å². The van der Waals surface area contributed by atoms with Gasteiger partial charge in [0, 0.05) is 12.5 Å². The van der Waals surface area contributed by atoms with E-state index in [1.807, 2.05) is 6.08 Å². The highest BCUT2D eigenvalue weighted by molar-refractivity contribution is 7.47. The molecule has 0 spiro atoms. The van der Waals surface area contributed by atoms with Crippen molar-refractivity contribution in [1.29, 1.82) is 0 Å². The lowest BCUT2D eigenvalue weighted by Crippen LogP contribution is -2.67. The van der Waals surface area contributed by atoms with Crippen molar-refractivity contribution in [1.82, 2.24) is 0 Å². The normalized spacial score (nSPS) is 27.6. The van der Waals surface area contributed by atoms with Gasteiger partial charge in [0.05, 0.1) is 13.2 Å². The molecule has 13 atom stereocenters. The Morgan fingerprint density at radius 1 is 0.571 bits per heavy atom. The van der Waals surface area contributed by atoms with E-state index in [2.05, 4.69) is 26.0 Å². The molecule has 1 aliphatic heterocycles. The minimum atomic E-state index is -5.40. The molecule has 2 aliphatic rings. The van der Waals surface area contributed by atoms with Crippen LogP contribution in [0.3, 0.4) is 0 Å². The quantitative estimate of drug-likeness (QED) is 0.00797. The van der Waals surface area contributed by atoms with Crippen LogP contribution in [0.1, 0.15) is 181 Å². The molecule has 0 aromatic carbocycles. The number of carbonyl (C=O) groups excluding carboxylic acids is 2. The predicted octanol–water partition coefficient (Wildman–Crippen LogP) is 6.44. The molecule has 2 fully saturated rings. The van der Waals surface area contributed by atoms with Crippen LogP contribution < -0.4 is 0 Å². The third kappa shape index (κ3) is 26.7. The van der Waals surface area contributed by atoms with Crippen LogP contribution in [0.25, 0.3) is 0 Å². The number of allylic oxidation sites excluding steroid dienone is 5. The minimum Gasteiger partial charge on any atom is -0.462 e. The van der Waals surface area contributed by atoms with Crippen LogP contribution in [0.4, 0.5) is 0 Å². The van der Waals surface area contributed by atoms with Gasteiger partial charge in [0.25, 0.3) is 0 Å². The first-order valence-electron chi connectivity index (χ1n) is 26.4. The van der Waals surface area contributed by atoms with Crippen LogP contribution in [0.5, 0.6) is 0 Å². The molecule has 1 heterocycles. The van der Waals surface area contributed by atoms with Crippen molar-refractivity contribution < 1.29 is 87.9 Å². The van der Waals surface area contributed by atoms with Gasteiger partial charge in [0.1, 0.15) is 67.6 Å². The molecule has 408 valence electrons. The first-order chi connectivity index (χ1) is 33.7. The lowest BCUT2D eigenvalue weighted by atomic mass is 9.84. The average molecular weight is 1020 g/mol. The van der Waals surface area contributed by atoms with E-state index in [9.17, 15) is 59.9 Å². The van der Waals surface area contributed by atoms with Gasteiger partial charge in [-0.2, -0.15) is 0 Å². The summed E-state index contributed by atoms with van der Waals surface area (Å²) in [6, 6.07) is 0. The highest BCUT2D eigenvalue weighted by Gasteiger charge is 2.55. The Kier molecular flexibility index (Phi) is 35.1. The van der Waals surface area contributed by atoms with E-state index < -0.39 is 113 Å². The molecule has 9 N–H and O–H groups in total. The maximum atomic E-state index is 13.4. The van der Waals surface area contributed by atoms with Gasteiger partial charge in [-0.15, -0.1) is 0 Å². The molecule has 0 aromatic heterocycles. The number of aliphatic hydroxyl groups is 8. The molecule has 1 saturated carbocycles. The van der Waals surface area contributed by atoms with Crippen LogP contribution in [-0.4, -0.2) is 151 Å². The molecule has 0 radical (unpaired) electrons. The largest absolute Gasteiger partial charge is 0.472 e. The Morgan fingerprint density at radius 2 is 1.04 bits per heavy atom. The summed E-state index contributed by atoms with van der Waals surface area (Å²) >= 11 is 0. The van der Waals surface area contributed by atoms with E-state index >= 15 is 0 Å². The molecule has 70 heavy (non-hydrogen) atoms. The first-order valence-corrected chi connectivity index (χ1v) is 27.8. The van der Waals surface area contributed by atoms with E-state index in [1.165, 1.54) is 89.5 Å². The van der Waals surface area contributed by atoms with Crippen LogP contribution in [0, 0.1) is 0 Å². The van der Waals surface area contributed by atoms with Gasteiger partial charge in [-0.3, -0.25) is 13.8 Å². The number of phosphoric acid groups is 1. The smallest absolute Gasteiger partial charge is 0.462 e. The Morgan fingerprint density at radius 3 is 1.59 bits per heavy atom. The van der Waals surface area contributed by atoms with Gasteiger partial charge in [0.2, 0.25) is 0 Å². The number of ether oxygens (including phenoxy) is 4. The second kappa shape index (κ2) is 38.4. The number of hydrogen-bond acceptors (Lipinski definition) is 17. The molecule has 1 aliphatic carbocycles.